The number of hydrogen-bond acceptors (Lipinski definition) is 2. The SMILES string of the molecule is CCCN(C)CC1CCCCSC1. The fraction of sp³-hybridized carbons (Fsp3) is 1.00. The van der Waals surface area contributed by atoms with Gasteiger partial charge in [-0.2, -0.15) is 11.8 Å². The maximum atomic E-state index is 2.50. The van der Waals surface area contributed by atoms with E-state index in [1.807, 2.05) is 0 Å². The van der Waals surface area contributed by atoms with Gasteiger partial charge in [0.25, 0.3) is 0 Å². The molecule has 0 saturated carbocycles. The molecule has 1 nitrogen and oxygen atoms in total. The molecule has 0 aromatic rings. The fourth-order valence-corrected chi connectivity index (χ4v) is 3.21. The van der Waals surface area contributed by atoms with Crippen LogP contribution in [0.3, 0.4) is 0 Å². The Kier molecular flexibility index (Phi) is 5.88. The van der Waals surface area contributed by atoms with Crippen LogP contribution in [0.5, 0.6) is 0 Å². The third-order valence-corrected chi connectivity index (χ3v) is 3.96. The molecule has 1 saturated heterocycles. The minimum atomic E-state index is 0.962. The first kappa shape index (κ1) is 11.4. The fourth-order valence-electron chi connectivity index (χ4n) is 2.03. The van der Waals surface area contributed by atoms with Gasteiger partial charge in [0.1, 0.15) is 0 Å². The molecule has 0 spiro atoms. The van der Waals surface area contributed by atoms with E-state index in [9.17, 15) is 0 Å². The van der Waals surface area contributed by atoms with Gasteiger partial charge in [0, 0.05) is 6.54 Å². The van der Waals surface area contributed by atoms with E-state index in [4.69, 9.17) is 0 Å². The van der Waals surface area contributed by atoms with Crippen LogP contribution in [0.25, 0.3) is 0 Å². The van der Waals surface area contributed by atoms with Crippen molar-refractivity contribution in [1.29, 1.82) is 0 Å². The van der Waals surface area contributed by atoms with Crippen LogP contribution in [0.4, 0.5) is 0 Å². The van der Waals surface area contributed by atoms with Gasteiger partial charge in [-0.25, -0.2) is 0 Å². The van der Waals surface area contributed by atoms with E-state index in [0.29, 0.717) is 0 Å². The third-order valence-electron chi connectivity index (χ3n) is 2.68. The zero-order valence-electron chi connectivity index (χ0n) is 9.09. The highest BCUT2D eigenvalue weighted by atomic mass is 32.2. The maximum absolute atomic E-state index is 2.50. The standard InChI is InChI=1S/C11H23NS/c1-3-7-12(2)9-11-6-4-5-8-13-10-11/h11H,3-10H2,1-2H3. The van der Waals surface area contributed by atoms with E-state index >= 15 is 0 Å². The van der Waals surface area contributed by atoms with E-state index in [0.717, 1.165) is 5.92 Å². The van der Waals surface area contributed by atoms with Crippen LogP contribution in [0.15, 0.2) is 0 Å². The highest BCUT2D eigenvalue weighted by molar-refractivity contribution is 7.99. The quantitative estimate of drug-likeness (QED) is 0.688. The zero-order valence-corrected chi connectivity index (χ0v) is 9.91. The summed E-state index contributed by atoms with van der Waals surface area (Å²) in [5, 5.41) is 0. The Labute approximate surface area is 87.3 Å². The first-order chi connectivity index (χ1) is 6.33. The molecule has 0 aromatic carbocycles. The molecule has 0 bridgehead atoms. The minimum absolute atomic E-state index is 0.962. The van der Waals surface area contributed by atoms with Crippen LogP contribution >= 0.6 is 11.8 Å². The molecule has 1 aliphatic heterocycles. The molecule has 0 N–H and O–H groups in total. The molecule has 1 aliphatic rings. The summed E-state index contributed by atoms with van der Waals surface area (Å²) < 4.78 is 0. The van der Waals surface area contributed by atoms with Gasteiger partial charge in [0.2, 0.25) is 0 Å². The topological polar surface area (TPSA) is 3.24 Å². The lowest BCUT2D eigenvalue weighted by molar-refractivity contribution is 0.280. The summed E-state index contributed by atoms with van der Waals surface area (Å²) in [6, 6.07) is 0. The number of thioether (sulfide) groups is 1. The van der Waals surface area contributed by atoms with Crippen LogP contribution < -0.4 is 0 Å². The Balaban J connectivity index is 2.17. The van der Waals surface area contributed by atoms with Gasteiger partial charge in [0.05, 0.1) is 0 Å². The molecule has 0 radical (unpaired) electrons. The second-order valence-electron chi connectivity index (χ2n) is 4.20. The summed E-state index contributed by atoms with van der Waals surface area (Å²) in [5.74, 6) is 3.76. The van der Waals surface area contributed by atoms with Crippen LogP contribution in [0, 0.1) is 5.92 Å². The van der Waals surface area contributed by atoms with Gasteiger partial charge < -0.3 is 4.90 Å². The summed E-state index contributed by atoms with van der Waals surface area (Å²) in [6.07, 6.45) is 5.65. The van der Waals surface area contributed by atoms with E-state index < -0.39 is 0 Å². The molecule has 1 rings (SSSR count). The molecular formula is C11H23NS. The lowest BCUT2D eigenvalue weighted by atomic mass is 10.0. The molecule has 0 aliphatic carbocycles. The van der Waals surface area contributed by atoms with Crippen molar-refractivity contribution in [2.24, 2.45) is 5.92 Å². The van der Waals surface area contributed by atoms with Crippen molar-refractivity contribution in [1.82, 2.24) is 4.90 Å². The van der Waals surface area contributed by atoms with Crippen LogP contribution in [0.1, 0.15) is 32.6 Å². The Morgan fingerprint density at radius 2 is 2.23 bits per heavy atom. The average Bonchev–Trinajstić information content (AvgIpc) is 2.33. The number of nitrogens with zero attached hydrogens (tertiary/aromatic N) is 1. The molecule has 1 atom stereocenters. The predicted molar refractivity (Wildman–Crippen MR) is 62.5 cm³/mol. The lowest BCUT2D eigenvalue weighted by Crippen LogP contribution is -2.27. The van der Waals surface area contributed by atoms with Crippen LogP contribution in [-0.2, 0) is 0 Å². The molecule has 1 unspecified atom stereocenters. The first-order valence-electron chi connectivity index (χ1n) is 5.59. The smallest absolute Gasteiger partial charge is 0.00145 e. The molecule has 78 valence electrons. The van der Waals surface area contributed by atoms with Crippen molar-refractivity contribution < 1.29 is 0 Å². The Hall–Kier alpha value is 0.310. The Bertz CT molecular complexity index is 119. The Morgan fingerprint density at radius 3 is 3.00 bits per heavy atom. The van der Waals surface area contributed by atoms with E-state index in [2.05, 4.69) is 30.6 Å². The number of hydrogen-bond donors (Lipinski definition) is 0. The van der Waals surface area contributed by atoms with Crippen LogP contribution in [-0.4, -0.2) is 36.5 Å². The summed E-state index contributed by atoms with van der Waals surface area (Å²) in [5.41, 5.74) is 0. The first-order valence-corrected chi connectivity index (χ1v) is 6.74. The number of rotatable bonds is 4. The van der Waals surface area contributed by atoms with Crippen LogP contribution in [0.2, 0.25) is 0 Å². The molecule has 0 aromatic heterocycles. The summed E-state index contributed by atoms with van der Waals surface area (Å²) in [6.45, 7) is 4.85. The van der Waals surface area contributed by atoms with Crippen molar-refractivity contribution in [3.63, 3.8) is 0 Å². The molecule has 0 amide bonds. The Morgan fingerprint density at radius 1 is 1.38 bits per heavy atom. The van der Waals surface area contributed by atoms with Gasteiger partial charge in [-0.15, -0.1) is 0 Å². The highest BCUT2D eigenvalue weighted by Crippen LogP contribution is 2.22. The maximum Gasteiger partial charge on any atom is 0.00145 e. The van der Waals surface area contributed by atoms with Gasteiger partial charge >= 0.3 is 0 Å². The van der Waals surface area contributed by atoms with Crippen molar-refractivity contribution in [3.8, 4) is 0 Å². The van der Waals surface area contributed by atoms with Gasteiger partial charge in [0.15, 0.2) is 0 Å². The lowest BCUT2D eigenvalue weighted by Gasteiger charge is -2.21. The molecule has 1 heterocycles. The van der Waals surface area contributed by atoms with E-state index in [-0.39, 0.29) is 0 Å². The summed E-state index contributed by atoms with van der Waals surface area (Å²) in [7, 11) is 2.26. The monoisotopic (exact) mass is 201 g/mol. The van der Waals surface area contributed by atoms with E-state index in [1.54, 1.807) is 0 Å². The predicted octanol–water partition coefficient (Wildman–Crippen LogP) is 2.86. The molecular weight excluding hydrogens is 178 g/mol. The van der Waals surface area contributed by atoms with Crippen molar-refractivity contribution >= 4 is 11.8 Å². The average molecular weight is 201 g/mol. The van der Waals surface area contributed by atoms with Crippen molar-refractivity contribution in [2.75, 3.05) is 31.6 Å². The highest BCUT2D eigenvalue weighted by Gasteiger charge is 2.13. The van der Waals surface area contributed by atoms with Crippen molar-refractivity contribution in [3.05, 3.63) is 0 Å². The zero-order chi connectivity index (χ0) is 9.52. The van der Waals surface area contributed by atoms with Crippen molar-refractivity contribution in [2.45, 2.75) is 32.6 Å². The van der Waals surface area contributed by atoms with E-state index in [1.165, 1.54) is 50.3 Å². The van der Waals surface area contributed by atoms with Gasteiger partial charge in [-0.3, -0.25) is 0 Å². The molecule has 2 heteroatoms. The third kappa shape index (κ3) is 4.92. The second kappa shape index (κ2) is 6.72. The van der Waals surface area contributed by atoms with Gasteiger partial charge in [-0.05, 0) is 50.3 Å². The second-order valence-corrected chi connectivity index (χ2v) is 5.35. The van der Waals surface area contributed by atoms with Gasteiger partial charge in [-0.1, -0.05) is 13.3 Å². The molecule has 13 heavy (non-hydrogen) atoms. The summed E-state index contributed by atoms with van der Waals surface area (Å²) >= 11 is 2.16. The largest absolute Gasteiger partial charge is 0.306 e. The minimum Gasteiger partial charge on any atom is -0.306 e. The summed E-state index contributed by atoms with van der Waals surface area (Å²) in [4.78, 5) is 2.50. The normalized spacial score (nSPS) is 24.7. The molecule has 1 fully saturated rings.